The lowest BCUT2D eigenvalue weighted by atomic mass is 9.80. The first kappa shape index (κ1) is 12.5. The number of rotatable bonds is 5. The predicted octanol–water partition coefficient (Wildman–Crippen LogP) is 1.97. The summed E-state index contributed by atoms with van der Waals surface area (Å²) in [4.78, 5) is 11.1. The summed E-state index contributed by atoms with van der Waals surface area (Å²) >= 11 is 0. The molecule has 0 heterocycles. The van der Waals surface area contributed by atoms with Gasteiger partial charge in [-0.3, -0.25) is 4.79 Å². The van der Waals surface area contributed by atoms with E-state index >= 15 is 0 Å². The van der Waals surface area contributed by atoms with E-state index < -0.39 is 0 Å². The Hall–Kier alpha value is -0.570. The van der Waals surface area contributed by atoms with Crippen LogP contribution >= 0.6 is 0 Å². The third-order valence-electron chi connectivity index (χ3n) is 3.27. The Kier molecular flexibility index (Phi) is 5.69. The normalized spacial score (nSPS) is 26.3. The maximum atomic E-state index is 11.1. The van der Waals surface area contributed by atoms with Crippen molar-refractivity contribution in [3.05, 3.63) is 0 Å². The third-order valence-corrected chi connectivity index (χ3v) is 3.27. The van der Waals surface area contributed by atoms with Gasteiger partial charge in [-0.2, -0.15) is 0 Å². The van der Waals surface area contributed by atoms with Crippen LogP contribution < -0.4 is 5.32 Å². The van der Waals surface area contributed by atoms with Crippen LogP contribution in [0.5, 0.6) is 0 Å². The molecule has 0 bridgehead atoms. The molecule has 2 unspecified atom stereocenters. The fourth-order valence-corrected chi connectivity index (χ4v) is 2.27. The number of esters is 1. The first-order chi connectivity index (χ1) is 7.24. The van der Waals surface area contributed by atoms with Crippen LogP contribution in [0.2, 0.25) is 0 Å². The summed E-state index contributed by atoms with van der Waals surface area (Å²) < 4.78 is 4.86. The molecule has 0 aromatic rings. The van der Waals surface area contributed by atoms with Crippen LogP contribution in [0.4, 0.5) is 0 Å². The number of carbonyl (C=O) groups excluding carboxylic acids is 1. The standard InChI is InChI=1S/C12H23NO2/c1-3-15-12(14)9-13-8-11-7-5-4-6-10(11)2/h10-11,13H,3-9H2,1-2H3. The van der Waals surface area contributed by atoms with Crippen molar-refractivity contribution in [2.75, 3.05) is 19.7 Å². The molecular weight excluding hydrogens is 190 g/mol. The molecule has 3 nitrogen and oxygen atoms in total. The molecule has 0 amide bonds. The van der Waals surface area contributed by atoms with Gasteiger partial charge in [-0.05, 0) is 31.7 Å². The van der Waals surface area contributed by atoms with Crippen molar-refractivity contribution in [2.45, 2.75) is 39.5 Å². The van der Waals surface area contributed by atoms with Crippen LogP contribution in [0, 0.1) is 11.8 Å². The van der Waals surface area contributed by atoms with Gasteiger partial charge < -0.3 is 10.1 Å². The van der Waals surface area contributed by atoms with Gasteiger partial charge in [-0.1, -0.05) is 26.2 Å². The molecule has 0 aromatic carbocycles. The number of nitrogens with one attached hydrogen (secondary N) is 1. The lowest BCUT2D eigenvalue weighted by molar-refractivity contribution is -0.142. The van der Waals surface area contributed by atoms with Gasteiger partial charge in [0.15, 0.2) is 0 Å². The molecule has 88 valence electrons. The molecule has 2 atom stereocenters. The maximum Gasteiger partial charge on any atom is 0.319 e. The Labute approximate surface area is 92.6 Å². The Morgan fingerprint density at radius 2 is 2.13 bits per heavy atom. The summed E-state index contributed by atoms with van der Waals surface area (Å²) in [7, 11) is 0. The Morgan fingerprint density at radius 3 is 2.80 bits per heavy atom. The SMILES string of the molecule is CCOC(=O)CNCC1CCCCC1C. The fraction of sp³-hybridized carbons (Fsp3) is 0.917. The zero-order valence-electron chi connectivity index (χ0n) is 9.92. The number of hydrogen-bond donors (Lipinski definition) is 1. The van der Waals surface area contributed by atoms with Crippen LogP contribution in [0.25, 0.3) is 0 Å². The topological polar surface area (TPSA) is 38.3 Å². The van der Waals surface area contributed by atoms with Crippen LogP contribution in [-0.2, 0) is 9.53 Å². The molecule has 1 N–H and O–H groups in total. The predicted molar refractivity (Wildman–Crippen MR) is 60.6 cm³/mol. The van der Waals surface area contributed by atoms with Crippen molar-refractivity contribution < 1.29 is 9.53 Å². The minimum Gasteiger partial charge on any atom is -0.465 e. The summed E-state index contributed by atoms with van der Waals surface area (Å²) in [5.74, 6) is 1.41. The summed E-state index contributed by atoms with van der Waals surface area (Å²) in [6, 6.07) is 0. The second kappa shape index (κ2) is 6.83. The molecule has 1 aliphatic rings. The van der Waals surface area contributed by atoms with Crippen molar-refractivity contribution in [2.24, 2.45) is 11.8 Å². The van der Waals surface area contributed by atoms with Crippen LogP contribution in [0.15, 0.2) is 0 Å². The van der Waals surface area contributed by atoms with Gasteiger partial charge in [0.25, 0.3) is 0 Å². The van der Waals surface area contributed by atoms with Crippen LogP contribution in [-0.4, -0.2) is 25.7 Å². The van der Waals surface area contributed by atoms with E-state index in [1.165, 1.54) is 25.7 Å². The first-order valence-corrected chi connectivity index (χ1v) is 6.10. The minimum atomic E-state index is -0.138. The van der Waals surface area contributed by atoms with E-state index in [4.69, 9.17) is 4.74 Å². The summed E-state index contributed by atoms with van der Waals surface area (Å²) in [6.07, 6.45) is 5.36. The largest absolute Gasteiger partial charge is 0.465 e. The van der Waals surface area contributed by atoms with Crippen LogP contribution in [0.1, 0.15) is 39.5 Å². The van der Waals surface area contributed by atoms with Gasteiger partial charge in [0, 0.05) is 0 Å². The highest BCUT2D eigenvalue weighted by atomic mass is 16.5. The molecule has 3 heteroatoms. The van der Waals surface area contributed by atoms with Crippen molar-refractivity contribution >= 4 is 5.97 Å². The van der Waals surface area contributed by atoms with Gasteiger partial charge >= 0.3 is 5.97 Å². The highest BCUT2D eigenvalue weighted by Gasteiger charge is 2.20. The zero-order chi connectivity index (χ0) is 11.1. The molecule has 0 aromatic heterocycles. The van der Waals surface area contributed by atoms with Gasteiger partial charge in [-0.15, -0.1) is 0 Å². The second-order valence-corrected chi connectivity index (χ2v) is 4.46. The molecular formula is C12H23NO2. The van der Waals surface area contributed by atoms with E-state index in [2.05, 4.69) is 12.2 Å². The van der Waals surface area contributed by atoms with Gasteiger partial charge in [0.05, 0.1) is 13.2 Å². The van der Waals surface area contributed by atoms with E-state index in [9.17, 15) is 4.79 Å². The lowest BCUT2D eigenvalue weighted by Gasteiger charge is -2.28. The average molecular weight is 213 g/mol. The number of carbonyl (C=O) groups is 1. The monoisotopic (exact) mass is 213 g/mol. The van der Waals surface area contributed by atoms with Crippen molar-refractivity contribution in [1.29, 1.82) is 0 Å². The van der Waals surface area contributed by atoms with Gasteiger partial charge in [0.1, 0.15) is 0 Å². The molecule has 0 spiro atoms. The molecule has 1 aliphatic carbocycles. The van der Waals surface area contributed by atoms with Gasteiger partial charge in [0.2, 0.25) is 0 Å². The first-order valence-electron chi connectivity index (χ1n) is 6.10. The third kappa shape index (κ3) is 4.65. The maximum absolute atomic E-state index is 11.1. The van der Waals surface area contributed by atoms with E-state index in [0.29, 0.717) is 13.2 Å². The van der Waals surface area contributed by atoms with Crippen molar-refractivity contribution in [3.8, 4) is 0 Å². The van der Waals surface area contributed by atoms with E-state index in [-0.39, 0.29) is 5.97 Å². The molecule has 1 fully saturated rings. The van der Waals surface area contributed by atoms with E-state index in [1.807, 2.05) is 6.92 Å². The molecule has 0 saturated heterocycles. The van der Waals surface area contributed by atoms with Crippen molar-refractivity contribution in [3.63, 3.8) is 0 Å². The average Bonchev–Trinajstić information content (AvgIpc) is 2.21. The summed E-state index contributed by atoms with van der Waals surface area (Å²) in [5.41, 5.74) is 0. The number of hydrogen-bond acceptors (Lipinski definition) is 3. The Morgan fingerprint density at radius 1 is 1.40 bits per heavy atom. The minimum absolute atomic E-state index is 0.138. The number of ether oxygens (including phenoxy) is 1. The highest BCUT2D eigenvalue weighted by Crippen LogP contribution is 2.28. The van der Waals surface area contributed by atoms with E-state index in [1.54, 1.807) is 0 Å². The zero-order valence-corrected chi connectivity index (χ0v) is 9.92. The quantitative estimate of drug-likeness (QED) is 0.710. The molecule has 15 heavy (non-hydrogen) atoms. The Bertz CT molecular complexity index is 194. The fourth-order valence-electron chi connectivity index (χ4n) is 2.27. The molecule has 0 aliphatic heterocycles. The highest BCUT2D eigenvalue weighted by molar-refractivity contribution is 5.71. The van der Waals surface area contributed by atoms with Crippen LogP contribution in [0.3, 0.4) is 0 Å². The molecule has 1 saturated carbocycles. The van der Waals surface area contributed by atoms with E-state index in [0.717, 1.165) is 18.4 Å². The second-order valence-electron chi connectivity index (χ2n) is 4.46. The van der Waals surface area contributed by atoms with Gasteiger partial charge in [-0.25, -0.2) is 0 Å². The summed E-state index contributed by atoms with van der Waals surface area (Å²) in [5, 5.41) is 3.20. The molecule has 1 rings (SSSR count). The molecule has 0 radical (unpaired) electrons. The van der Waals surface area contributed by atoms with Crippen molar-refractivity contribution in [1.82, 2.24) is 5.32 Å². The summed E-state index contributed by atoms with van der Waals surface area (Å²) in [6.45, 7) is 5.94. The Balaban J connectivity index is 2.10. The smallest absolute Gasteiger partial charge is 0.319 e. The lowest BCUT2D eigenvalue weighted by Crippen LogP contribution is -2.33.